The van der Waals surface area contributed by atoms with Crippen molar-refractivity contribution in [2.75, 3.05) is 20.1 Å². The van der Waals surface area contributed by atoms with Gasteiger partial charge in [0.25, 0.3) is 0 Å². The van der Waals surface area contributed by atoms with Gasteiger partial charge < -0.3 is 10.0 Å². The van der Waals surface area contributed by atoms with Crippen molar-refractivity contribution < 1.29 is 13.5 Å². The molecule has 0 saturated carbocycles. The van der Waals surface area contributed by atoms with E-state index in [-0.39, 0.29) is 10.6 Å². The van der Waals surface area contributed by atoms with E-state index in [0.717, 1.165) is 6.42 Å². The van der Waals surface area contributed by atoms with Gasteiger partial charge in [-0.25, -0.2) is 13.1 Å². The van der Waals surface area contributed by atoms with Crippen LogP contribution in [0.15, 0.2) is 29.2 Å². The van der Waals surface area contributed by atoms with E-state index in [1.54, 1.807) is 0 Å². The van der Waals surface area contributed by atoms with Gasteiger partial charge in [-0.3, -0.25) is 0 Å². The van der Waals surface area contributed by atoms with Crippen LogP contribution < -0.4 is 4.72 Å². The van der Waals surface area contributed by atoms with Gasteiger partial charge in [-0.05, 0) is 44.7 Å². The summed E-state index contributed by atoms with van der Waals surface area (Å²) in [5, 5.41) is 9.14. The Morgan fingerprint density at radius 2 is 1.89 bits per heavy atom. The lowest BCUT2D eigenvalue weighted by atomic mass is 10.2. The molecule has 0 radical (unpaired) electrons. The molecule has 0 aliphatic carbocycles. The minimum atomic E-state index is -3.49. The molecule has 0 saturated heterocycles. The highest BCUT2D eigenvalue weighted by molar-refractivity contribution is 7.89. The van der Waals surface area contributed by atoms with Gasteiger partial charge in [0.2, 0.25) is 10.0 Å². The van der Waals surface area contributed by atoms with Gasteiger partial charge in [-0.15, -0.1) is 0 Å². The summed E-state index contributed by atoms with van der Waals surface area (Å²) in [4.78, 5) is 2.27. The average molecular weight is 286 g/mol. The Kier molecular flexibility index (Phi) is 5.78. The van der Waals surface area contributed by atoms with Crippen LogP contribution in [-0.4, -0.2) is 44.6 Å². The van der Waals surface area contributed by atoms with Crippen LogP contribution >= 0.6 is 0 Å². The fraction of sp³-hybridized carbons (Fsp3) is 0.538. The molecular formula is C13H22N2O3S. The van der Waals surface area contributed by atoms with Crippen molar-refractivity contribution >= 4 is 10.0 Å². The maximum absolute atomic E-state index is 12.0. The summed E-state index contributed by atoms with van der Waals surface area (Å²) in [6, 6.07) is 5.92. The Hall–Kier alpha value is -1.11. The SMILES string of the molecule is CCC(C)N(C)CCNS(=O)(=O)c1ccc(O)cc1. The molecule has 1 aromatic carbocycles. The van der Waals surface area contributed by atoms with E-state index in [2.05, 4.69) is 23.5 Å². The average Bonchev–Trinajstić information content (AvgIpc) is 2.37. The van der Waals surface area contributed by atoms with Crippen LogP contribution in [0.4, 0.5) is 0 Å². The minimum absolute atomic E-state index is 0.0513. The van der Waals surface area contributed by atoms with E-state index in [0.29, 0.717) is 19.1 Å². The van der Waals surface area contributed by atoms with Crippen LogP contribution in [0, 0.1) is 0 Å². The maximum Gasteiger partial charge on any atom is 0.240 e. The Labute approximate surface area is 115 Å². The minimum Gasteiger partial charge on any atom is -0.508 e. The molecule has 1 atom stereocenters. The normalized spacial score (nSPS) is 13.7. The Balaban J connectivity index is 2.54. The molecule has 0 aromatic heterocycles. The molecule has 0 aliphatic rings. The number of nitrogens with one attached hydrogen (secondary N) is 1. The molecule has 1 aromatic rings. The number of phenols is 1. The molecule has 0 amide bonds. The number of sulfonamides is 1. The summed E-state index contributed by atoms with van der Waals surface area (Å²) in [6.45, 7) is 5.23. The smallest absolute Gasteiger partial charge is 0.240 e. The van der Waals surface area contributed by atoms with E-state index in [4.69, 9.17) is 5.11 Å². The highest BCUT2D eigenvalue weighted by Gasteiger charge is 2.14. The van der Waals surface area contributed by atoms with Crippen molar-refractivity contribution in [3.05, 3.63) is 24.3 Å². The molecule has 0 spiro atoms. The number of rotatable bonds is 7. The van der Waals surface area contributed by atoms with Crippen molar-refractivity contribution in [2.45, 2.75) is 31.2 Å². The number of benzene rings is 1. The molecule has 0 bridgehead atoms. The second-order valence-electron chi connectivity index (χ2n) is 4.63. The number of likely N-dealkylation sites (N-methyl/N-ethyl adjacent to an activating group) is 1. The standard InChI is InChI=1S/C13H22N2O3S/c1-4-11(2)15(3)10-9-14-19(17,18)13-7-5-12(16)6-8-13/h5-8,11,14,16H,4,9-10H2,1-3H3. The van der Waals surface area contributed by atoms with Crippen molar-refractivity contribution in [3.63, 3.8) is 0 Å². The van der Waals surface area contributed by atoms with Gasteiger partial charge in [0.05, 0.1) is 4.90 Å². The van der Waals surface area contributed by atoms with Gasteiger partial charge in [0.15, 0.2) is 0 Å². The first-order chi connectivity index (χ1) is 8.86. The zero-order valence-corrected chi connectivity index (χ0v) is 12.4. The van der Waals surface area contributed by atoms with Gasteiger partial charge >= 0.3 is 0 Å². The summed E-state index contributed by atoms with van der Waals surface area (Å²) < 4.78 is 26.5. The van der Waals surface area contributed by atoms with Crippen molar-refractivity contribution in [1.82, 2.24) is 9.62 Å². The van der Waals surface area contributed by atoms with Gasteiger partial charge in [0, 0.05) is 19.1 Å². The summed E-state index contributed by atoms with van der Waals surface area (Å²) in [5.74, 6) is 0.0513. The summed E-state index contributed by atoms with van der Waals surface area (Å²) in [6.07, 6.45) is 1.03. The Bertz CT molecular complexity index is 485. The quantitative estimate of drug-likeness (QED) is 0.795. The number of hydrogen-bond donors (Lipinski definition) is 2. The second kappa shape index (κ2) is 6.88. The van der Waals surface area contributed by atoms with E-state index >= 15 is 0 Å². The van der Waals surface area contributed by atoms with E-state index in [9.17, 15) is 8.42 Å². The molecule has 2 N–H and O–H groups in total. The lowest BCUT2D eigenvalue weighted by Gasteiger charge is -2.23. The molecule has 0 heterocycles. The molecule has 0 fully saturated rings. The number of aromatic hydroxyl groups is 1. The third-order valence-corrected chi connectivity index (χ3v) is 4.72. The van der Waals surface area contributed by atoms with Gasteiger partial charge in [-0.1, -0.05) is 6.92 Å². The monoisotopic (exact) mass is 286 g/mol. The Morgan fingerprint density at radius 1 is 1.32 bits per heavy atom. The highest BCUT2D eigenvalue weighted by Crippen LogP contribution is 2.13. The lowest BCUT2D eigenvalue weighted by Crippen LogP contribution is -2.37. The van der Waals surface area contributed by atoms with Crippen LogP contribution in [0.1, 0.15) is 20.3 Å². The summed E-state index contributed by atoms with van der Waals surface area (Å²) in [7, 11) is -1.52. The number of nitrogens with zero attached hydrogens (tertiary/aromatic N) is 1. The zero-order valence-electron chi connectivity index (χ0n) is 11.6. The highest BCUT2D eigenvalue weighted by atomic mass is 32.2. The molecule has 0 aliphatic heterocycles. The van der Waals surface area contributed by atoms with Gasteiger partial charge in [0.1, 0.15) is 5.75 Å². The van der Waals surface area contributed by atoms with E-state index in [1.165, 1.54) is 24.3 Å². The number of hydrogen-bond acceptors (Lipinski definition) is 4. The first-order valence-corrected chi connectivity index (χ1v) is 7.84. The van der Waals surface area contributed by atoms with E-state index in [1.807, 2.05) is 7.05 Å². The lowest BCUT2D eigenvalue weighted by molar-refractivity contribution is 0.256. The second-order valence-corrected chi connectivity index (χ2v) is 6.40. The molecule has 19 heavy (non-hydrogen) atoms. The zero-order chi connectivity index (χ0) is 14.5. The van der Waals surface area contributed by atoms with E-state index < -0.39 is 10.0 Å². The van der Waals surface area contributed by atoms with Crippen LogP contribution in [0.25, 0.3) is 0 Å². The van der Waals surface area contributed by atoms with Crippen molar-refractivity contribution in [2.24, 2.45) is 0 Å². The first kappa shape index (κ1) is 15.9. The van der Waals surface area contributed by atoms with Crippen LogP contribution in [0.3, 0.4) is 0 Å². The largest absolute Gasteiger partial charge is 0.508 e. The topological polar surface area (TPSA) is 69.6 Å². The van der Waals surface area contributed by atoms with Gasteiger partial charge in [-0.2, -0.15) is 0 Å². The summed E-state index contributed by atoms with van der Waals surface area (Å²) >= 11 is 0. The Morgan fingerprint density at radius 3 is 2.42 bits per heavy atom. The fourth-order valence-corrected chi connectivity index (χ4v) is 2.62. The van der Waals surface area contributed by atoms with Crippen LogP contribution in [0.5, 0.6) is 5.75 Å². The summed E-state index contributed by atoms with van der Waals surface area (Å²) in [5.41, 5.74) is 0. The number of phenolic OH excluding ortho intramolecular Hbond substituents is 1. The maximum atomic E-state index is 12.0. The third-order valence-electron chi connectivity index (χ3n) is 3.25. The van der Waals surface area contributed by atoms with Crippen molar-refractivity contribution in [1.29, 1.82) is 0 Å². The predicted molar refractivity (Wildman–Crippen MR) is 75.7 cm³/mol. The third kappa shape index (κ3) is 4.81. The molecule has 5 nitrogen and oxygen atoms in total. The fourth-order valence-electron chi connectivity index (χ4n) is 1.60. The molecule has 1 rings (SSSR count). The molecule has 6 heteroatoms. The first-order valence-electron chi connectivity index (χ1n) is 6.35. The van der Waals surface area contributed by atoms with Crippen LogP contribution in [0.2, 0.25) is 0 Å². The molecular weight excluding hydrogens is 264 g/mol. The van der Waals surface area contributed by atoms with Crippen molar-refractivity contribution in [3.8, 4) is 5.75 Å². The van der Waals surface area contributed by atoms with Crippen LogP contribution in [-0.2, 0) is 10.0 Å². The predicted octanol–water partition coefficient (Wildman–Crippen LogP) is 1.40. The molecule has 1 unspecified atom stereocenters. The molecule has 108 valence electrons.